The zero-order valence-corrected chi connectivity index (χ0v) is 17.8. The molecule has 3 rings (SSSR count). The van der Waals surface area contributed by atoms with Crippen LogP contribution in [0.15, 0.2) is 29.1 Å². The van der Waals surface area contributed by atoms with Crippen molar-refractivity contribution in [3.63, 3.8) is 0 Å². The standard InChI is InChI=1S/C20H23N7O7/c21-20-26-16-15(18(31)27-20)24-12(8-23-16)7-22-11-3-1-10(2-4-11)17(30)25-13(19(32)33)5-6-14(29)34-9-28/h1-4,9,12-13,22,24H,5-8H2,(H,25,30)(H,32,33)(H4,21,23,26,27,31)/t12?,13-/m0/s1. The van der Waals surface area contributed by atoms with Crippen LogP contribution in [0.4, 0.5) is 23.1 Å². The topological polar surface area (TPSA) is 218 Å². The van der Waals surface area contributed by atoms with Gasteiger partial charge < -0.3 is 36.8 Å². The summed E-state index contributed by atoms with van der Waals surface area (Å²) in [6, 6.07) is 4.85. The molecule has 1 aliphatic heterocycles. The number of hydrogen-bond acceptors (Lipinski definition) is 11. The van der Waals surface area contributed by atoms with Gasteiger partial charge in [-0.25, -0.2) is 4.79 Å². The second-order valence-electron chi connectivity index (χ2n) is 7.34. The number of nitrogens with zero attached hydrogens (tertiary/aromatic N) is 1. The Kier molecular flexibility index (Phi) is 7.63. The molecule has 2 atom stereocenters. The van der Waals surface area contributed by atoms with Gasteiger partial charge in [0.2, 0.25) is 5.95 Å². The first-order chi connectivity index (χ1) is 16.3. The molecule has 0 bridgehead atoms. The van der Waals surface area contributed by atoms with Crippen molar-refractivity contribution in [2.24, 2.45) is 0 Å². The number of aromatic nitrogens is 2. The van der Waals surface area contributed by atoms with Crippen molar-refractivity contribution < 1.29 is 29.0 Å². The summed E-state index contributed by atoms with van der Waals surface area (Å²) in [4.78, 5) is 63.6. The van der Waals surface area contributed by atoms with E-state index in [0.717, 1.165) is 0 Å². The van der Waals surface area contributed by atoms with Crippen LogP contribution in [0.3, 0.4) is 0 Å². The molecule has 1 aliphatic rings. The predicted molar refractivity (Wildman–Crippen MR) is 120 cm³/mol. The van der Waals surface area contributed by atoms with Crippen molar-refractivity contribution in [1.82, 2.24) is 15.3 Å². The number of carboxylic acids is 1. The van der Waals surface area contributed by atoms with Crippen LogP contribution in [0, 0.1) is 0 Å². The molecule has 1 unspecified atom stereocenters. The number of aromatic amines is 1. The SMILES string of the molecule is Nc1nc2c(c(=O)[nH]1)NC(CNc1ccc(C(=O)N[C@@H](CCC(=O)OC=O)C(=O)O)cc1)CN2. The van der Waals surface area contributed by atoms with Gasteiger partial charge in [0.1, 0.15) is 11.7 Å². The second-order valence-corrected chi connectivity index (χ2v) is 7.34. The van der Waals surface area contributed by atoms with Gasteiger partial charge in [-0.2, -0.15) is 4.98 Å². The van der Waals surface area contributed by atoms with Gasteiger partial charge in [0.15, 0.2) is 5.82 Å². The van der Waals surface area contributed by atoms with E-state index in [1.165, 1.54) is 12.1 Å². The molecule has 1 aromatic heterocycles. The second kappa shape index (κ2) is 10.8. The fraction of sp³-hybridized carbons (Fsp3) is 0.300. The van der Waals surface area contributed by atoms with Crippen LogP contribution >= 0.6 is 0 Å². The Balaban J connectivity index is 1.52. The number of anilines is 4. The lowest BCUT2D eigenvalue weighted by atomic mass is 10.1. The Morgan fingerprint density at radius 2 is 2.03 bits per heavy atom. The Morgan fingerprint density at radius 1 is 1.29 bits per heavy atom. The molecule has 0 radical (unpaired) electrons. The highest BCUT2D eigenvalue weighted by atomic mass is 16.6. The largest absolute Gasteiger partial charge is 0.480 e. The number of carbonyl (C=O) groups is 4. The van der Waals surface area contributed by atoms with Gasteiger partial charge in [0, 0.05) is 30.8 Å². The molecule has 1 aromatic carbocycles. The molecular weight excluding hydrogens is 450 g/mol. The fourth-order valence-electron chi connectivity index (χ4n) is 3.20. The summed E-state index contributed by atoms with van der Waals surface area (Å²) in [5.41, 5.74) is 6.36. The number of esters is 1. The van der Waals surface area contributed by atoms with Crippen molar-refractivity contribution in [3.8, 4) is 0 Å². The Hall–Kier alpha value is -4.62. The van der Waals surface area contributed by atoms with Gasteiger partial charge in [-0.3, -0.25) is 24.2 Å². The van der Waals surface area contributed by atoms with E-state index in [9.17, 15) is 29.1 Å². The number of fused-ring (bicyclic) bond motifs is 1. The predicted octanol–water partition coefficient (Wildman–Crippen LogP) is -0.667. The molecule has 14 heteroatoms. The maximum absolute atomic E-state index is 12.4. The maximum atomic E-state index is 12.4. The number of nitrogens with one attached hydrogen (secondary N) is 5. The molecule has 0 spiro atoms. The van der Waals surface area contributed by atoms with Gasteiger partial charge in [-0.05, 0) is 30.7 Å². The van der Waals surface area contributed by atoms with Crippen LogP contribution in [0.2, 0.25) is 0 Å². The molecule has 8 N–H and O–H groups in total. The van der Waals surface area contributed by atoms with E-state index in [4.69, 9.17) is 5.73 Å². The Labute approximate surface area is 192 Å². The maximum Gasteiger partial charge on any atom is 0.326 e. The van der Waals surface area contributed by atoms with Crippen LogP contribution in [0.5, 0.6) is 0 Å². The van der Waals surface area contributed by atoms with E-state index in [-0.39, 0.29) is 42.4 Å². The van der Waals surface area contributed by atoms with Crippen molar-refractivity contribution in [2.75, 3.05) is 34.8 Å². The molecule has 0 saturated heterocycles. The summed E-state index contributed by atoms with van der Waals surface area (Å²) in [7, 11) is 0. The summed E-state index contributed by atoms with van der Waals surface area (Å²) >= 11 is 0. The minimum absolute atomic E-state index is 0.0221. The average Bonchev–Trinajstić information content (AvgIpc) is 2.80. The zero-order valence-electron chi connectivity index (χ0n) is 17.8. The summed E-state index contributed by atoms with van der Waals surface area (Å²) in [6.45, 7) is 0.895. The number of carboxylic acid groups (broad SMARTS) is 1. The van der Waals surface area contributed by atoms with E-state index in [1.807, 2.05) is 0 Å². The minimum Gasteiger partial charge on any atom is -0.480 e. The molecular formula is C20H23N7O7. The Bertz CT molecular complexity index is 1130. The summed E-state index contributed by atoms with van der Waals surface area (Å²) in [6.07, 6.45) is -0.577. The molecule has 2 aromatic rings. The van der Waals surface area contributed by atoms with E-state index in [1.54, 1.807) is 12.1 Å². The number of ether oxygens (including phenoxy) is 1. The smallest absolute Gasteiger partial charge is 0.326 e. The first kappa shape index (κ1) is 24.0. The lowest BCUT2D eigenvalue weighted by Crippen LogP contribution is -2.41. The quantitative estimate of drug-likeness (QED) is 0.130. The highest BCUT2D eigenvalue weighted by molar-refractivity contribution is 5.97. The monoisotopic (exact) mass is 473 g/mol. The summed E-state index contributed by atoms with van der Waals surface area (Å²) < 4.78 is 4.10. The number of nitrogens with two attached hydrogens (primary N) is 1. The minimum atomic E-state index is -1.33. The first-order valence-corrected chi connectivity index (χ1v) is 10.2. The van der Waals surface area contributed by atoms with Crippen LogP contribution < -0.4 is 32.6 Å². The third-order valence-corrected chi connectivity index (χ3v) is 4.92. The number of nitrogen functional groups attached to an aromatic ring is 1. The van der Waals surface area contributed by atoms with Crippen molar-refractivity contribution in [2.45, 2.75) is 24.9 Å². The van der Waals surface area contributed by atoms with Gasteiger partial charge in [-0.15, -0.1) is 0 Å². The van der Waals surface area contributed by atoms with Gasteiger partial charge >= 0.3 is 18.4 Å². The molecule has 0 aliphatic carbocycles. The van der Waals surface area contributed by atoms with E-state index in [2.05, 4.69) is 36.0 Å². The molecule has 2 heterocycles. The van der Waals surface area contributed by atoms with Gasteiger partial charge in [0.25, 0.3) is 11.5 Å². The highest BCUT2D eigenvalue weighted by Crippen LogP contribution is 2.20. The Morgan fingerprint density at radius 3 is 2.71 bits per heavy atom. The van der Waals surface area contributed by atoms with Crippen molar-refractivity contribution in [3.05, 3.63) is 40.2 Å². The van der Waals surface area contributed by atoms with Crippen LogP contribution in [-0.4, -0.2) is 64.6 Å². The number of rotatable bonds is 10. The molecule has 34 heavy (non-hydrogen) atoms. The summed E-state index contributed by atoms with van der Waals surface area (Å²) in [5.74, 6) is -2.44. The number of amides is 1. The first-order valence-electron chi connectivity index (χ1n) is 10.2. The van der Waals surface area contributed by atoms with Crippen LogP contribution in [-0.2, 0) is 19.1 Å². The van der Waals surface area contributed by atoms with Gasteiger partial charge in [0.05, 0.1) is 6.04 Å². The number of aliphatic carboxylic acids is 1. The number of hydrogen-bond donors (Lipinski definition) is 7. The van der Waals surface area contributed by atoms with E-state index < -0.39 is 23.9 Å². The molecule has 0 saturated carbocycles. The normalized spacial score (nSPS) is 15.0. The third-order valence-electron chi connectivity index (χ3n) is 4.92. The molecule has 1 amide bonds. The van der Waals surface area contributed by atoms with Crippen LogP contribution in [0.25, 0.3) is 0 Å². The summed E-state index contributed by atoms with van der Waals surface area (Å²) in [5, 5.41) is 20.9. The van der Waals surface area contributed by atoms with Crippen molar-refractivity contribution in [1.29, 1.82) is 0 Å². The zero-order chi connectivity index (χ0) is 24.7. The lowest BCUT2D eigenvalue weighted by Gasteiger charge is -2.27. The van der Waals surface area contributed by atoms with E-state index >= 15 is 0 Å². The number of benzene rings is 1. The third kappa shape index (κ3) is 6.21. The fourth-order valence-corrected chi connectivity index (χ4v) is 3.20. The average molecular weight is 473 g/mol. The lowest BCUT2D eigenvalue weighted by molar-refractivity contribution is -0.151. The van der Waals surface area contributed by atoms with Crippen molar-refractivity contribution >= 4 is 47.5 Å². The number of carbonyl (C=O) groups excluding carboxylic acids is 3. The number of H-pyrrole nitrogens is 1. The van der Waals surface area contributed by atoms with Gasteiger partial charge in [-0.1, -0.05) is 0 Å². The van der Waals surface area contributed by atoms with Crippen LogP contribution in [0.1, 0.15) is 23.2 Å². The molecule has 180 valence electrons. The van der Waals surface area contributed by atoms with E-state index in [0.29, 0.717) is 30.3 Å². The highest BCUT2D eigenvalue weighted by Gasteiger charge is 2.23. The molecule has 14 nitrogen and oxygen atoms in total. The molecule has 0 fully saturated rings.